The summed E-state index contributed by atoms with van der Waals surface area (Å²) in [4.78, 5) is 15.1. The van der Waals surface area contributed by atoms with Gasteiger partial charge in [-0.2, -0.15) is 13.2 Å². The molecule has 11 heteroatoms. The number of hydrogen-bond acceptors (Lipinski definition) is 4. The van der Waals surface area contributed by atoms with Crippen LogP contribution in [0.5, 0.6) is 0 Å². The Kier molecular flexibility index (Phi) is 5.19. The smallest absolute Gasteiger partial charge is 0.379 e. The standard InChI is InChI=1S/C12H9BrF5N3OS/c13-7-4(1-5(14)2-6(7)15)3-20-10(22)8-9(12(16,17)18)21-11(19)23-8/h1-2,8-9H,3H2,(H2,19,21)(H,20,22). The Bertz CT molecular complexity index is 667. The minimum absolute atomic E-state index is 0.0521. The molecule has 2 rings (SSSR count). The molecule has 0 saturated carbocycles. The first-order valence-corrected chi connectivity index (χ1v) is 7.74. The minimum Gasteiger partial charge on any atom is -0.379 e. The van der Waals surface area contributed by atoms with Crippen molar-refractivity contribution in [3.63, 3.8) is 0 Å². The Morgan fingerprint density at radius 2 is 2.04 bits per heavy atom. The van der Waals surface area contributed by atoms with Crippen molar-refractivity contribution in [2.45, 2.75) is 24.0 Å². The first-order valence-electron chi connectivity index (χ1n) is 6.07. The molecule has 1 aliphatic rings. The van der Waals surface area contributed by atoms with Crippen molar-refractivity contribution in [2.24, 2.45) is 10.7 Å². The number of hydrogen-bond donors (Lipinski definition) is 2. The molecule has 1 aromatic rings. The molecule has 2 unspecified atom stereocenters. The first-order chi connectivity index (χ1) is 10.6. The van der Waals surface area contributed by atoms with Gasteiger partial charge in [-0.05, 0) is 27.6 Å². The fourth-order valence-corrected chi connectivity index (χ4v) is 3.23. The lowest BCUT2D eigenvalue weighted by molar-refractivity contribution is -0.151. The number of halogens is 6. The summed E-state index contributed by atoms with van der Waals surface area (Å²) >= 11 is 3.37. The topological polar surface area (TPSA) is 67.5 Å². The number of carbonyl (C=O) groups is 1. The molecule has 23 heavy (non-hydrogen) atoms. The van der Waals surface area contributed by atoms with Crippen LogP contribution >= 0.6 is 27.7 Å². The van der Waals surface area contributed by atoms with E-state index in [9.17, 15) is 26.7 Å². The number of benzene rings is 1. The molecule has 2 atom stereocenters. The van der Waals surface area contributed by atoms with Crippen molar-refractivity contribution >= 4 is 38.8 Å². The van der Waals surface area contributed by atoms with Gasteiger partial charge in [-0.15, -0.1) is 0 Å². The summed E-state index contributed by atoms with van der Waals surface area (Å²) in [5, 5.41) is 0.288. The second-order valence-corrected chi connectivity index (χ2v) is 6.53. The van der Waals surface area contributed by atoms with E-state index in [0.717, 1.165) is 6.07 Å². The van der Waals surface area contributed by atoms with Crippen molar-refractivity contribution in [1.82, 2.24) is 5.32 Å². The number of aliphatic imine (C=N–C) groups is 1. The predicted octanol–water partition coefficient (Wildman–Crippen LogP) is 2.70. The third-order valence-corrected chi connectivity index (χ3v) is 4.88. The zero-order valence-corrected chi connectivity index (χ0v) is 13.5. The number of amides is 1. The van der Waals surface area contributed by atoms with Gasteiger partial charge in [0.15, 0.2) is 11.2 Å². The summed E-state index contributed by atoms with van der Waals surface area (Å²) in [6, 6.07) is -0.655. The van der Waals surface area contributed by atoms with E-state index < -0.39 is 35.0 Å². The first kappa shape index (κ1) is 18.0. The summed E-state index contributed by atoms with van der Waals surface area (Å²) in [6.07, 6.45) is -4.72. The van der Waals surface area contributed by atoms with Gasteiger partial charge < -0.3 is 11.1 Å². The summed E-state index contributed by atoms with van der Waals surface area (Å²) in [5.74, 6) is -2.73. The highest BCUT2D eigenvalue weighted by Gasteiger charge is 2.51. The lowest BCUT2D eigenvalue weighted by Gasteiger charge is -2.19. The SMILES string of the molecule is NC1=NC(C(F)(F)F)C(C(=O)NCc2cc(F)cc(F)c2Br)S1. The summed E-state index contributed by atoms with van der Waals surface area (Å²) in [5.41, 5.74) is 5.30. The number of thioether (sulfide) groups is 1. The maximum atomic E-state index is 13.3. The zero-order valence-electron chi connectivity index (χ0n) is 11.1. The van der Waals surface area contributed by atoms with Crippen molar-refractivity contribution in [3.05, 3.63) is 33.8 Å². The van der Waals surface area contributed by atoms with Gasteiger partial charge in [-0.25, -0.2) is 13.8 Å². The molecule has 1 amide bonds. The third kappa shape index (κ3) is 4.14. The molecule has 4 nitrogen and oxygen atoms in total. The molecular formula is C12H9BrF5N3OS. The second kappa shape index (κ2) is 6.63. The number of carbonyl (C=O) groups excluding carboxylic acids is 1. The summed E-state index contributed by atoms with van der Waals surface area (Å²) in [7, 11) is 0. The number of nitrogens with two attached hydrogens (primary N) is 1. The normalized spacial score (nSPS) is 21.2. The summed E-state index contributed by atoms with van der Waals surface area (Å²) in [6.45, 7) is -0.352. The van der Waals surface area contributed by atoms with E-state index in [2.05, 4.69) is 26.2 Å². The minimum atomic E-state index is -4.72. The van der Waals surface area contributed by atoms with Gasteiger partial charge in [0.1, 0.15) is 16.9 Å². The van der Waals surface area contributed by atoms with E-state index in [4.69, 9.17) is 5.73 Å². The van der Waals surface area contributed by atoms with E-state index in [-0.39, 0.29) is 21.7 Å². The summed E-state index contributed by atoms with van der Waals surface area (Å²) < 4.78 is 64.9. The third-order valence-electron chi connectivity index (χ3n) is 2.92. The van der Waals surface area contributed by atoms with Gasteiger partial charge in [0.2, 0.25) is 5.91 Å². The van der Waals surface area contributed by atoms with Crippen molar-refractivity contribution in [1.29, 1.82) is 0 Å². The quantitative estimate of drug-likeness (QED) is 0.586. The van der Waals surface area contributed by atoms with Crippen LogP contribution in [0.25, 0.3) is 0 Å². The average Bonchev–Trinajstić information content (AvgIpc) is 2.83. The van der Waals surface area contributed by atoms with Gasteiger partial charge in [0.25, 0.3) is 0 Å². The van der Waals surface area contributed by atoms with Crippen molar-refractivity contribution < 1.29 is 26.7 Å². The van der Waals surface area contributed by atoms with Crippen molar-refractivity contribution in [2.75, 3.05) is 0 Å². The van der Waals surface area contributed by atoms with Gasteiger partial charge in [0.05, 0.1) is 4.47 Å². The van der Waals surface area contributed by atoms with E-state index in [0.29, 0.717) is 17.8 Å². The van der Waals surface area contributed by atoms with E-state index in [1.54, 1.807) is 0 Å². The average molecular weight is 418 g/mol. The van der Waals surface area contributed by atoms with Crippen molar-refractivity contribution in [3.8, 4) is 0 Å². The zero-order chi connectivity index (χ0) is 17.4. The molecule has 1 aliphatic heterocycles. The van der Waals surface area contributed by atoms with Crippen LogP contribution in [-0.2, 0) is 11.3 Å². The van der Waals surface area contributed by atoms with Crippen LogP contribution in [0.3, 0.4) is 0 Å². The van der Waals surface area contributed by atoms with Crippen LogP contribution in [-0.4, -0.2) is 28.5 Å². The largest absolute Gasteiger partial charge is 0.412 e. The molecule has 126 valence electrons. The van der Waals surface area contributed by atoms with E-state index in [1.165, 1.54) is 0 Å². The molecule has 0 fully saturated rings. The second-order valence-electron chi connectivity index (χ2n) is 4.57. The highest BCUT2D eigenvalue weighted by atomic mass is 79.9. The molecule has 1 heterocycles. The lowest BCUT2D eigenvalue weighted by atomic mass is 10.1. The molecule has 3 N–H and O–H groups in total. The Hall–Kier alpha value is -1.36. The van der Waals surface area contributed by atoms with Crippen LogP contribution in [0.4, 0.5) is 22.0 Å². The van der Waals surface area contributed by atoms with Gasteiger partial charge in [0, 0.05) is 12.6 Å². The Labute approximate surface area is 139 Å². The highest BCUT2D eigenvalue weighted by Crippen LogP contribution is 2.36. The number of alkyl halides is 3. The van der Waals surface area contributed by atoms with Crippen LogP contribution < -0.4 is 11.1 Å². The van der Waals surface area contributed by atoms with Crippen LogP contribution in [0, 0.1) is 11.6 Å². The Morgan fingerprint density at radius 3 is 2.65 bits per heavy atom. The number of rotatable bonds is 3. The monoisotopic (exact) mass is 417 g/mol. The highest BCUT2D eigenvalue weighted by molar-refractivity contribution is 9.10. The van der Waals surface area contributed by atoms with Gasteiger partial charge >= 0.3 is 6.18 Å². The van der Waals surface area contributed by atoms with Gasteiger partial charge in [-0.3, -0.25) is 4.79 Å². The maximum absolute atomic E-state index is 13.3. The fraction of sp³-hybridized carbons (Fsp3) is 0.333. The van der Waals surface area contributed by atoms with Crippen LogP contribution in [0.15, 0.2) is 21.6 Å². The number of amidine groups is 1. The Morgan fingerprint density at radius 1 is 1.39 bits per heavy atom. The van der Waals surface area contributed by atoms with Gasteiger partial charge in [-0.1, -0.05) is 11.8 Å². The molecule has 0 aromatic heterocycles. The molecule has 0 spiro atoms. The Balaban J connectivity index is 2.09. The van der Waals surface area contributed by atoms with Crippen LogP contribution in [0.2, 0.25) is 0 Å². The van der Waals surface area contributed by atoms with E-state index >= 15 is 0 Å². The predicted molar refractivity (Wildman–Crippen MR) is 78.7 cm³/mol. The molecular weight excluding hydrogens is 409 g/mol. The lowest BCUT2D eigenvalue weighted by Crippen LogP contribution is -2.44. The van der Waals surface area contributed by atoms with Crippen LogP contribution in [0.1, 0.15) is 5.56 Å². The molecule has 0 bridgehead atoms. The molecule has 1 aromatic carbocycles. The number of nitrogens with zero attached hydrogens (tertiary/aromatic N) is 1. The van der Waals surface area contributed by atoms with E-state index in [1.807, 2.05) is 0 Å². The molecule has 0 radical (unpaired) electrons. The maximum Gasteiger partial charge on any atom is 0.412 e. The number of nitrogens with one attached hydrogen (secondary N) is 1. The molecule has 0 aliphatic carbocycles. The fourth-order valence-electron chi connectivity index (χ4n) is 1.89. The molecule has 0 saturated heterocycles.